The fourth-order valence-electron chi connectivity index (χ4n) is 1.90. The molecule has 0 atom stereocenters. The van der Waals surface area contributed by atoms with E-state index in [1.165, 1.54) is 0 Å². The number of hydrogen-bond donors (Lipinski definition) is 2. The van der Waals surface area contributed by atoms with Crippen LogP contribution in [0.1, 0.15) is 29.5 Å². The first-order valence-corrected chi connectivity index (χ1v) is 6.34. The molecule has 0 saturated heterocycles. The molecule has 0 aliphatic rings. The van der Waals surface area contributed by atoms with Crippen molar-refractivity contribution in [3.05, 3.63) is 28.9 Å². The Kier molecular flexibility index (Phi) is 3.99. The van der Waals surface area contributed by atoms with E-state index >= 15 is 0 Å². The van der Waals surface area contributed by atoms with Crippen LogP contribution in [0.5, 0.6) is 0 Å². The van der Waals surface area contributed by atoms with Crippen LogP contribution in [0, 0.1) is 20.8 Å². The van der Waals surface area contributed by atoms with Crippen LogP contribution in [0.25, 0.3) is 0 Å². The number of aryl methyl sites for hydroxylation is 2. The molecule has 0 amide bonds. The number of hydrogen-bond acceptors (Lipinski definition) is 6. The van der Waals surface area contributed by atoms with Gasteiger partial charge in [-0.1, -0.05) is 5.16 Å². The predicted octanol–water partition coefficient (Wildman–Crippen LogP) is 2.43. The highest BCUT2D eigenvalue weighted by molar-refractivity contribution is 5.56. The zero-order valence-electron chi connectivity index (χ0n) is 11.7. The molecule has 2 rings (SSSR count). The van der Waals surface area contributed by atoms with Gasteiger partial charge in [0.1, 0.15) is 23.7 Å². The summed E-state index contributed by atoms with van der Waals surface area (Å²) in [5.74, 6) is 2.52. The van der Waals surface area contributed by atoms with Crippen LogP contribution in [-0.2, 0) is 6.54 Å². The lowest BCUT2D eigenvalue weighted by Crippen LogP contribution is -2.08. The minimum atomic E-state index is 0.643. The molecule has 0 bridgehead atoms. The molecule has 2 aromatic rings. The van der Waals surface area contributed by atoms with E-state index in [2.05, 4.69) is 25.8 Å². The van der Waals surface area contributed by atoms with Crippen molar-refractivity contribution in [2.75, 3.05) is 17.2 Å². The first-order chi connectivity index (χ1) is 9.13. The number of anilines is 2. The van der Waals surface area contributed by atoms with Crippen LogP contribution < -0.4 is 10.6 Å². The lowest BCUT2D eigenvalue weighted by molar-refractivity contribution is 0.392. The highest BCUT2D eigenvalue weighted by Gasteiger charge is 2.10. The molecule has 0 aliphatic heterocycles. The molecule has 0 unspecified atom stereocenters. The van der Waals surface area contributed by atoms with Gasteiger partial charge in [0.25, 0.3) is 0 Å². The largest absolute Gasteiger partial charge is 0.370 e. The van der Waals surface area contributed by atoms with Gasteiger partial charge < -0.3 is 15.2 Å². The molecule has 19 heavy (non-hydrogen) atoms. The smallest absolute Gasteiger partial charge is 0.138 e. The standard InChI is InChI=1S/C13H19N5O/c1-5-14-12-8(2)13(17-7-16-12)15-6-11-9(3)18-19-10(11)4/h7H,5-6H2,1-4H3,(H2,14,15,16,17). The van der Waals surface area contributed by atoms with Crippen LogP contribution in [-0.4, -0.2) is 21.7 Å². The topological polar surface area (TPSA) is 75.9 Å². The number of nitrogens with one attached hydrogen (secondary N) is 2. The van der Waals surface area contributed by atoms with Gasteiger partial charge in [0.05, 0.1) is 5.69 Å². The molecule has 0 fully saturated rings. The zero-order valence-corrected chi connectivity index (χ0v) is 11.7. The van der Waals surface area contributed by atoms with Crippen molar-refractivity contribution in [1.82, 2.24) is 15.1 Å². The lowest BCUT2D eigenvalue weighted by atomic mass is 10.2. The van der Waals surface area contributed by atoms with Gasteiger partial charge in [-0.25, -0.2) is 9.97 Å². The summed E-state index contributed by atoms with van der Waals surface area (Å²) < 4.78 is 5.14. The van der Waals surface area contributed by atoms with Gasteiger partial charge in [-0.3, -0.25) is 0 Å². The number of rotatable bonds is 5. The highest BCUT2D eigenvalue weighted by Crippen LogP contribution is 2.20. The summed E-state index contributed by atoms with van der Waals surface area (Å²) in [7, 11) is 0. The van der Waals surface area contributed by atoms with Crippen LogP contribution in [0.15, 0.2) is 10.9 Å². The van der Waals surface area contributed by atoms with Crippen LogP contribution in [0.2, 0.25) is 0 Å². The van der Waals surface area contributed by atoms with Gasteiger partial charge in [-0.05, 0) is 27.7 Å². The van der Waals surface area contributed by atoms with Gasteiger partial charge in [0, 0.05) is 24.2 Å². The number of aromatic nitrogens is 3. The summed E-state index contributed by atoms with van der Waals surface area (Å²) in [4.78, 5) is 8.48. The Balaban J connectivity index is 2.14. The SMILES string of the molecule is CCNc1ncnc(NCc2c(C)noc2C)c1C. The average molecular weight is 261 g/mol. The molecule has 6 heteroatoms. The Hall–Kier alpha value is -2.11. The maximum atomic E-state index is 5.14. The van der Waals surface area contributed by atoms with E-state index in [0.717, 1.165) is 40.8 Å². The Labute approximate surface area is 112 Å². The van der Waals surface area contributed by atoms with E-state index in [0.29, 0.717) is 6.54 Å². The van der Waals surface area contributed by atoms with Gasteiger partial charge in [-0.15, -0.1) is 0 Å². The van der Waals surface area contributed by atoms with Crippen molar-refractivity contribution in [2.24, 2.45) is 0 Å². The molecule has 0 spiro atoms. The Bertz CT molecular complexity index is 545. The fourth-order valence-corrected chi connectivity index (χ4v) is 1.90. The molecular formula is C13H19N5O. The Morgan fingerprint density at radius 1 is 1.11 bits per heavy atom. The molecule has 6 nitrogen and oxygen atoms in total. The normalized spacial score (nSPS) is 10.5. The summed E-state index contributed by atoms with van der Waals surface area (Å²) >= 11 is 0. The Morgan fingerprint density at radius 3 is 2.37 bits per heavy atom. The van der Waals surface area contributed by atoms with Crippen molar-refractivity contribution >= 4 is 11.6 Å². The minimum absolute atomic E-state index is 0.643. The van der Waals surface area contributed by atoms with Crippen LogP contribution in [0.4, 0.5) is 11.6 Å². The molecule has 0 aromatic carbocycles. The van der Waals surface area contributed by atoms with Crippen LogP contribution in [0.3, 0.4) is 0 Å². The Morgan fingerprint density at radius 2 is 1.79 bits per heavy atom. The van der Waals surface area contributed by atoms with E-state index in [9.17, 15) is 0 Å². The van der Waals surface area contributed by atoms with Gasteiger partial charge in [0.15, 0.2) is 0 Å². The summed E-state index contributed by atoms with van der Waals surface area (Å²) in [6, 6.07) is 0. The summed E-state index contributed by atoms with van der Waals surface area (Å²) in [5.41, 5.74) is 2.99. The van der Waals surface area contributed by atoms with E-state index in [4.69, 9.17) is 4.52 Å². The predicted molar refractivity (Wildman–Crippen MR) is 74.2 cm³/mol. The third-order valence-electron chi connectivity index (χ3n) is 3.04. The van der Waals surface area contributed by atoms with Crippen molar-refractivity contribution in [2.45, 2.75) is 34.2 Å². The molecule has 0 radical (unpaired) electrons. The summed E-state index contributed by atoms with van der Waals surface area (Å²) in [6.07, 6.45) is 1.56. The van der Waals surface area contributed by atoms with Gasteiger partial charge >= 0.3 is 0 Å². The van der Waals surface area contributed by atoms with Crippen LogP contribution >= 0.6 is 0 Å². The second-order valence-corrected chi connectivity index (χ2v) is 4.38. The van der Waals surface area contributed by atoms with Crippen molar-refractivity contribution in [3.63, 3.8) is 0 Å². The molecular weight excluding hydrogens is 242 g/mol. The molecule has 0 saturated carbocycles. The molecule has 102 valence electrons. The molecule has 2 aromatic heterocycles. The molecule has 2 heterocycles. The monoisotopic (exact) mass is 261 g/mol. The van der Waals surface area contributed by atoms with E-state index < -0.39 is 0 Å². The number of nitrogens with zero attached hydrogens (tertiary/aromatic N) is 3. The zero-order chi connectivity index (χ0) is 13.8. The lowest BCUT2D eigenvalue weighted by Gasteiger charge is -2.11. The fraction of sp³-hybridized carbons (Fsp3) is 0.462. The summed E-state index contributed by atoms with van der Waals surface area (Å²) in [6.45, 7) is 9.36. The first kappa shape index (κ1) is 13.3. The second-order valence-electron chi connectivity index (χ2n) is 4.38. The molecule has 0 aliphatic carbocycles. The third-order valence-corrected chi connectivity index (χ3v) is 3.04. The van der Waals surface area contributed by atoms with Crippen molar-refractivity contribution in [3.8, 4) is 0 Å². The van der Waals surface area contributed by atoms with E-state index in [1.54, 1.807) is 6.33 Å². The van der Waals surface area contributed by atoms with E-state index in [1.807, 2.05) is 27.7 Å². The van der Waals surface area contributed by atoms with Crippen molar-refractivity contribution < 1.29 is 4.52 Å². The maximum Gasteiger partial charge on any atom is 0.138 e. The highest BCUT2D eigenvalue weighted by atomic mass is 16.5. The first-order valence-electron chi connectivity index (χ1n) is 6.34. The van der Waals surface area contributed by atoms with Gasteiger partial charge in [0.2, 0.25) is 0 Å². The van der Waals surface area contributed by atoms with Crippen molar-refractivity contribution in [1.29, 1.82) is 0 Å². The quantitative estimate of drug-likeness (QED) is 0.861. The molecule has 2 N–H and O–H groups in total. The second kappa shape index (κ2) is 5.69. The van der Waals surface area contributed by atoms with Gasteiger partial charge in [-0.2, -0.15) is 0 Å². The maximum absolute atomic E-state index is 5.14. The van der Waals surface area contributed by atoms with E-state index in [-0.39, 0.29) is 0 Å². The third kappa shape index (κ3) is 2.83. The average Bonchev–Trinajstić information content (AvgIpc) is 2.71. The minimum Gasteiger partial charge on any atom is -0.370 e. The summed E-state index contributed by atoms with van der Waals surface area (Å²) in [5, 5.41) is 10.5.